The molecule has 8 nitrogen and oxygen atoms in total. The van der Waals surface area contributed by atoms with Crippen molar-refractivity contribution in [3.8, 4) is 11.3 Å². The minimum Gasteiger partial charge on any atom is -0.272 e. The third-order valence-electron chi connectivity index (χ3n) is 5.54. The van der Waals surface area contributed by atoms with Crippen molar-refractivity contribution in [2.75, 3.05) is 0 Å². The van der Waals surface area contributed by atoms with Crippen LogP contribution in [0.25, 0.3) is 22.0 Å². The number of carbonyl (C=O) groups is 1. The van der Waals surface area contributed by atoms with E-state index in [1.165, 1.54) is 40.9 Å². The van der Waals surface area contributed by atoms with E-state index in [1.807, 2.05) is 12.1 Å². The van der Waals surface area contributed by atoms with E-state index in [0.29, 0.717) is 11.3 Å². The lowest BCUT2D eigenvalue weighted by atomic mass is 9.98. The summed E-state index contributed by atoms with van der Waals surface area (Å²) in [5, 5.41) is 24.5. The standard InChI is InChI=1S/C23H16ClN5O3/c24-19-9-7-16(29(31)32)10-15(19)12-25-28-23(30)21-11-20(26-27-21)17-8-6-14-5-4-13-2-1-3-18(17)22(13)14/h1-3,6-12H,4-5H2,(H,26,27)(H,28,30). The highest BCUT2D eigenvalue weighted by atomic mass is 35.5. The number of halogens is 1. The Hall–Kier alpha value is -4.04. The van der Waals surface area contributed by atoms with E-state index in [1.54, 1.807) is 6.07 Å². The van der Waals surface area contributed by atoms with Gasteiger partial charge in [0.25, 0.3) is 11.6 Å². The van der Waals surface area contributed by atoms with Gasteiger partial charge in [-0.3, -0.25) is 20.0 Å². The lowest BCUT2D eigenvalue weighted by Crippen LogP contribution is -2.18. The highest BCUT2D eigenvalue weighted by Crippen LogP contribution is 2.36. The van der Waals surface area contributed by atoms with Gasteiger partial charge in [0.2, 0.25) is 0 Å². The fraction of sp³-hybridized carbons (Fsp3) is 0.0870. The van der Waals surface area contributed by atoms with Gasteiger partial charge in [0.1, 0.15) is 5.69 Å². The number of nitro benzene ring substituents is 1. The summed E-state index contributed by atoms with van der Waals surface area (Å²) in [5.41, 5.74) is 7.11. The van der Waals surface area contributed by atoms with Crippen molar-refractivity contribution in [2.24, 2.45) is 5.10 Å². The quantitative estimate of drug-likeness (QED) is 0.264. The molecule has 1 amide bonds. The van der Waals surface area contributed by atoms with Crippen LogP contribution in [0, 0.1) is 10.1 Å². The molecule has 0 fully saturated rings. The van der Waals surface area contributed by atoms with Crippen LogP contribution in [0.1, 0.15) is 27.2 Å². The summed E-state index contributed by atoms with van der Waals surface area (Å²) in [4.78, 5) is 22.9. The maximum absolute atomic E-state index is 12.5. The Labute approximate surface area is 187 Å². The molecule has 0 unspecified atom stereocenters. The molecule has 0 atom stereocenters. The zero-order valence-electron chi connectivity index (χ0n) is 16.6. The second kappa shape index (κ2) is 7.90. The van der Waals surface area contributed by atoms with E-state index in [-0.39, 0.29) is 16.4 Å². The van der Waals surface area contributed by atoms with E-state index < -0.39 is 10.8 Å². The Morgan fingerprint density at radius 2 is 1.97 bits per heavy atom. The Morgan fingerprint density at radius 3 is 2.78 bits per heavy atom. The summed E-state index contributed by atoms with van der Waals surface area (Å²) in [6, 6.07) is 16.1. The van der Waals surface area contributed by atoms with E-state index in [4.69, 9.17) is 11.6 Å². The molecule has 1 aliphatic rings. The third-order valence-corrected chi connectivity index (χ3v) is 5.88. The molecule has 1 heterocycles. The first kappa shape index (κ1) is 19.9. The predicted molar refractivity (Wildman–Crippen MR) is 122 cm³/mol. The Balaban J connectivity index is 1.37. The molecule has 0 saturated carbocycles. The van der Waals surface area contributed by atoms with Crippen molar-refractivity contribution in [3.63, 3.8) is 0 Å². The molecule has 4 aromatic rings. The number of non-ortho nitro benzene ring substituents is 1. The second-order valence-corrected chi connectivity index (χ2v) is 7.85. The number of nitro groups is 1. The fourth-order valence-electron chi connectivity index (χ4n) is 4.01. The van der Waals surface area contributed by atoms with Gasteiger partial charge in [0, 0.05) is 28.3 Å². The van der Waals surface area contributed by atoms with Gasteiger partial charge in [-0.25, -0.2) is 5.43 Å². The fourth-order valence-corrected chi connectivity index (χ4v) is 4.18. The smallest absolute Gasteiger partial charge is 0.272 e. The van der Waals surface area contributed by atoms with Crippen molar-refractivity contribution in [3.05, 3.63) is 92.1 Å². The van der Waals surface area contributed by atoms with Crippen LogP contribution in [0.3, 0.4) is 0 Å². The van der Waals surface area contributed by atoms with Crippen molar-refractivity contribution < 1.29 is 9.72 Å². The van der Waals surface area contributed by atoms with Gasteiger partial charge in [-0.2, -0.15) is 10.2 Å². The number of benzene rings is 3. The molecule has 0 radical (unpaired) electrons. The molecule has 3 aromatic carbocycles. The molecule has 9 heteroatoms. The number of amides is 1. The van der Waals surface area contributed by atoms with Crippen LogP contribution in [0.2, 0.25) is 5.02 Å². The number of hydrazone groups is 1. The van der Waals surface area contributed by atoms with E-state index in [0.717, 1.165) is 23.8 Å². The molecule has 0 bridgehead atoms. The maximum Gasteiger partial charge on any atom is 0.289 e. The number of nitrogens with zero attached hydrogens (tertiary/aromatic N) is 3. The zero-order valence-corrected chi connectivity index (χ0v) is 17.4. The van der Waals surface area contributed by atoms with Crippen LogP contribution in [-0.2, 0) is 12.8 Å². The maximum atomic E-state index is 12.5. The molecular weight excluding hydrogens is 430 g/mol. The highest BCUT2D eigenvalue weighted by molar-refractivity contribution is 6.33. The molecule has 0 saturated heterocycles. The van der Waals surface area contributed by atoms with E-state index in [9.17, 15) is 14.9 Å². The van der Waals surface area contributed by atoms with Crippen molar-refractivity contribution in [1.82, 2.24) is 15.6 Å². The first-order valence-corrected chi connectivity index (χ1v) is 10.3. The summed E-state index contributed by atoms with van der Waals surface area (Å²) >= 11 is 6.04. The van der Waals surface area contributed by atoms with Crippen molar-refractivity contribution >= 4 is 40.2 Å². The average Bonchev–Trinajstić information content (AvgIpc) is 3.44. The summed E-state index contributed by atoms with van der Waals surface area (Å²) in [6.07, 6.45) is 3.33. The molecule has 1 aliphatic carbocycles. The SMILES string of the molecule is O=C(NN=Cc1cc([N+](=O)[O-])ccc1Cl)c1cc(-c2ccc3c4c(cccc24)CC3)n[nH]1. The normalized spacial score (nSPS) is 12.5. The van der Waals surface area contributed by atoms with Gasteiger partial charge in [0.05, 0.1) is 16.8 Å². The first-order chi connectivity index (χ1) is 15.5. The van der Waals surface area contributed by atoms with Gasteiger partial charge in [-0.1, -0.05) is 41.9 Å². The Morgan fingerprint density at radius 1 is 1.16 bits per heavy atom. The van der Waals surface area contributed by atoms with Gasteiger partial charge in [-0.15, -0.1) is 0 Å². The molecule has 1 aromatic heterocycles. The second-order valence-electron chi connectivity index (χ2n) is 7.44. The van der Waals surface area contributed by atoms with Crippen LogP contribution in [-0.4, -0.2) is 27.2 Å². The number of aromatic nitrogens is 2. The molecule has 32 heavy (non-hydrogen) atoms. The topological polar surface area (TPSA) is 113 Å². The number of aryl methyl sites for hydroxylation is 2. The Bertz CT molecular complexity index is 1420. The molecule has 158 valence electrons. The molecule has 0 spiro atoms. The zero-order chi connectivity index (χ0) is 22.2. The summed E-state index contributed by atoms with van der Waals surface area (Å²) < 4.78 is 0. The number of nitrogens with one attached hydrogen (secondary N) is 2. The third kappa shape index (κ3) is 3.50. The van der Waals surface area contributed by atoms with Crippen LogP contribution >= 0.6 is 11.6 Å². The van der Waals surface area contributed by atoms with E-state index >= 15 is 0 Å². The number of carbonyl (C=O) groups excluding carboxylic acids is 1. The molecule has 2 N–H and O–H groups in total. The number of hydrogen-bond donors (Lipinski definition) is 2. The van der Waals surface area contributed by atoms with E-state index in [2.05, 4.69) is 38.9 Å². The Kier molecular flexibility index (Phi) is 4.91. The van der Waals surface area contributed by atoms with Crippen LogP contribution in [0.4, 0.5) is 5.69 Å². The minimum atomic E-state index is -0.529. The number of hydrogen-bond acceptors (Lipinski definition) is 5. The first-order valence-electron chi connectivity index (χ1n) is 9.88. The summed E-state index contributed by atoms with van der Waals surface area (Å²) in [5.74, 6) is -0.493. The number of rotatable bonds is 5. The van der Waals surface area contributed by atoms with Gasteiger partial charge in [-0.05, 0) is 46.9 Å². The lowest BCUT2D eigenvalue weighted by molar-refractivity contribution is -0.384. The van der Waals surface area contributed by atoms with Crippen molar-refractivity contribution in [1.29, 1.82) is 0 Å². The average molecular weight is 446 g/mol. The van der Waals surface area contributed by atoms with Crippen LogP contribution in [0.15, 0.2) is 59.7 Å². The summed E-state index contributed by atoms with van der Waals surface area (Å²) in [7, 11) is 0. The molecular formula is C23H16ClN5O3. The van der Waals surface area contributed by atoms with Gasteiger partial charge < -0.3 is 0 Å². The lowest BCUT2D eigenvalue weighted by Gasteiger charge is -2.06. The van der Waals surface area contributed by atoms with Crippen molar-refractivity contribution in [2.45, 2.75) is 12.8 Å². The van der Waals surface area contributed by atoms with Gasteiger partial charge >= 0.3 is 0 Å². The summed E-state index contributed by atoms with van der Waals surface area (Å²) in [6.45, 7) is 0. The predicted octanol–water partition coefficient (Wildman–Crippen LogP) is 4.65. The number of aromatic amines is 1. The monoisotopic (exact) mass is 445 g/mol. The van der Waals surface area contributed by atoms with Crippen LogP contribution < -0.4 is 5.43 Å². The molecule has 0 aliphatic heterocycles. The highest BCUT2D eigenvalue weighted by Gasteiger charge is 2.18. The number of H-pyrrole nitrogens is 1. The van der Waals surface area contributed by atoms with Crippen LogP contribution in [0.5, 0.6) is 0 Å². The minimum absolute atomic E-state index is 0.120. The molecule has 5 rings (SSSR count). The van der Waals surface area contributed by atoms with Gasteiger partial charge in [0.15, 0.2) is 0 Å². The largest absolute Gasteiger partial charge is 0.289 e.